The van der Waals surface area contributed by atoms with Gasteiger partial charge in [0.1, 0.15) is 5.69 Å². The normalized spacial score (nSPS) is 10.4. The van der Waals surface area contributed by atoms with Crippen LogP contribution in [0.25, 0.3) is 0 Å². The summed E-state index contributed by atoms with van der Waals surface area (Å²) in [5.74, 6) is -1.48. The Morgan fingerprint density at radius 3 is 1.94 bits per heavy atom. The first-order chi connectivity index (χ1) is 8.49. The molecular formula is C12H8Br2F2N2. The molecule has 2 nitrogen and oxygen atoms in total. The average Bonchev–Trinajstić information content (AvgIpc) is 2.26. The van der Waals surface area contributed by atoms with Gasteiger partial charge in [-0.25, -0.2) is 8.78 Å². The molecule has 0 atom stereocenters. The number of para-hydroxylation sites is 1. The fourth-order valence-corrected chi connectivity index (χ4v) is 2.65. The van der Waals surface area contributed by atoms with Crippen LogP contribution in [0, 0.1) is 11.6 Å². The molecule has 0 heterocycles. The molecule has 94 valence electrons. The minimum Gasteiger partial charge on any atom is -0.399 e. The standard InChI is InChI=1S/C12H8Br2F2N2/c13-7-2-1-3-8(14)11(7)18-12-9(15)4-6(17)5-10(12)16/h1-5,18H,17H2. The number of anilines is 3. The minimum atomic E-state index is -0.741. The Hall–Kier alpha value is -1.14. The van der Waals surface area contributed by atoms with Crippen LogP contribution >= 0.6 is 31.9 Å². The van der Waals surface area contributed by atoms with Gasteiger partial charge < -0.3 is 11.1 Å². The molecule has 0 spiro atoms. The van der Waals surface area contributed by atoms with Crippen molar-refractivity contribution in [2.75, 3.05) is 11.1 Å². The zero-order valence-electron chi connectivity index (χ0n) is 8.98. The highest BCUT2D eigenvalue weighted by Gasteiger charge is 2.13. The number of hydrogen-bond acceptors (Lipinski definition) is 2. The summed E-state index contributed by atoms with van der Waals surface area (Å²) < 4.78 is 28.7. The number of hydrogen-bond donors (Lipinski definition) is 2. The lowest BCUT2D eigenvalue weighted by Gasteiger charge is -2.12. The van der Waals surface area contributed by atoms with E-state index in [9.17, 15) is 8.78 Å². The third kappa shape index (κ3) is 2.64. The fraction of sp³-hybridized carbons (Fsp3) is 0. The van der Waals surface area contributed by atoms with Crippen LogP contribution in [0.1, 0.15) is 0 Å². The summed E-state index contributed by atoms with van der Waals surface area (Å²) in [5, 5.41) is 2.70. The molecule has 6 heteroatoms. The maximum absolute atomic E-state index is 13.6. The maximum Gasteiger partial charge on any atom is 0.151 e. The Kier molecular flexibility index (Phi) is 3.87. The first-order valence-corrected chi connectivity index (χ1v) is 6.53. The zero-order chi connectivity index (χ0) is 13.3. The Balaban J connectivity index is 2.47. The number of halogens is 4. The van der Waals surface area contributed by atoms with E-state index in [0.717, 1.165) is 12.1 Å². The van der Waals surface area contributed by atoms with E-state index in [-0.39, 0.29) is 11.4 Å². The van der Waals surface area contributed by atoms with Gasteiger partial charge in [0.15, 0.2) is 11.6 Å². The maximum atomic E-state index is 13.6. The first-order valence-electron chi connectivity index (χ1n) is 4.94. The second-order valence-electron chi connectivity index (χ2n) is 3.58. The van der Waals surface area contributed by atoms with E-state index in [2.05, 4.69) is 37.2 Å². The van der Waals surface area contributed by atoms with Gasteiger partial charge in [0.05, 0.1) is 5.69 Å². The molecule has 0 aliphatic rings. The number of nitrogens with one attached hydrogen (secondary N) is 1. The van der Waals surface area contributed by atoms with Crippen LogP contribution in [0.2, 0.25) is 0 Å². The largest absolute Gasteiger partial charge is 0.399 e. The average molecular weight is 378 g/mol. The molecule has 18 heavy (non-hydrogen) atoms. The molecule has 0 aromatic heterocycles. The van der Waals surface area contributed by atoms with E-state index in [4.69, 9.17) is 5.73 Å². The van der Waals surface area contributed by atoms with Gasteiger partial charge in [-0.2, -0.15) is 0 Å². The summed E-state index contributed by atoms with van der Waals surface area (Å²) >= 11 is 6.61. The molecular weight excluding hydrogens is 370 g/mol. The van der Waals surface area contributed by atoms with Crippen LogP contribution in [0.4, 0.5) is 25.8 Å². The Labute approximate surface area is 119 Å². The molecule has 0 radical (unpaired) electrons. The summed E-state index contributed by atoms with van der Waals surface area (Å²) in [6.45, 7) is 0. The van der Waals surface area contributed by atoms with Crippen molar-refractivity contribution >= 4 is 48.9 Å². The van der Waals surface area contributed by atoms with Gasteiger partial charge in [-0.05, 0) is 56.1 Å². The Morgan fingerprint density at radius 2 is 1.44 bits per heavy atom. The quantitative estimate of drug-likeness (QED) is 0.736. The fourth-order valence-electron chi connectivity index (χ4n) is 1.45. The molecule has 0 fully saturated rings. The monoisotopic (exact) mass is 376 g/mol. The van der Waals surface area contributed by atoms with E-state index in [1.165, 1.54) is 0 Å². The second-order valence-corrected chi connectivity index (χ2v) is 5.29. The lowest BCUT2D eigenvalue weighted by Crippen LogP contribution is -2.00. The van der Waals surface area contributed by atoms with Crippen molar-refractivity contribution < 1.29 is 8.78 Å². The van der Waals surface area contributed by atoms with Crippen LogP contribution in [0.3, 0.4) is 0 Å². The lowest BCUT2D eigenvalue weighted by molar-refractivity contribution is 0.592. The van der Waals surface area contributed by atoms with Gasteiger partial charge in [0.2, 0.25) is 0 Å². The van der Waals surface area contributed by atoms with Gasteiger partial charge in [-0.1, -0.05) is 6.07 Å². The van der Waals surface area contributed by atoms with Crippen LogP contribution in [-0.2, 0) is 0 Å². The van der Waals surface area contributed by atoms with Crippen LogP contribution in [-0.4, -0.2) is 0 Å². The summed E-state index contributed by atoms with van der Waals surface area (Å²) in [5.41, 5.74) is 5.70. The minimum absolute atomic E-state index is 0.0433. The molecule has 0 aliphatic heterocycles. The van der Waals surface area contributed by atoms with E-state index in [1.807, 2.05) is 0 Å². The van der Waals surface area contributed by atoms with Gasteiger partial charge in [-0.3, -0.25) is 0 Å². The van der Waals surface area contributed by atoms with Crippen molar-refractivity contribution in [3.8, 4) is 0 Å². The number of rotatable bonds is 2. The van der Waals surface area contributed by atoms with E-state index in [1.54, 1.807) is 18.2 Å². The van der Waals surface area contributed by atoms with E-state index in [0.29, 0.717) is 14.6 Å². The number of nitrogen functional groups attached to an aromatic ring is 1. The van der Waals surface area contributed by atoms with Crippen molar-refractivity contribution in [3.05, 3.63) is 50.9 Å². The predicted octanol–water partition coefficient (Wildman–Crippen LogP) is 4.82. The van der Waals surface area contributed by atoms with Crippen LogP contribution < -0.4 is 11.1 Å². The topological polar surface area (TPSA) is 38.0 Å². The molecule has 0 saturated heterocycles. The molecule has 0 bridgehead atoms. The zero-order valence-corrected chi connectivity index (χ0v) is 12.1. The van der Waals surface area contributed by atoms with Crippen molar-refractivity contribution in [2.45, 2.75) is 0 Å². The van der Waals surface area contributed by atoms with Gasteiger partial charge in [-0.15, -0.1) is 0 Å². The van der Waals surface area contributed by atoms with Crippen molar-refractivity contribution in [2.24, 2.45) is 0 Å². The predicted molar refractivity (Wildman–Crippen MR) is 75.9 cm³/mol. The van der Waals surface area contributed by atoms with Gasteiger partial charge >= 0.3 is 0 Å². The molecule has 0 saturated carbocycles. The molecule has 3 N–H and O–H groups in total. The van der Waals surface area contributed by atoms with Crippen LogP contribution in [0.5, 0.6) is 0 Å². The molecule has 2 rings (SSSR count). The Bertz CT molecular complexity index is 559. The summed E-state index contributed by atoms with van der Waals surface area (Å²) in [6.07, 6.45) is 0. The molecule has 0 aliphatic carbocycles. The smallest absolute Gasteiger partial charge is 0.151 e. The van der Waals surface area contributed by atoms with E-state index < -0.39 is 11.6 Å². The third-order valence-electron chi connectivity index (χ3n) is 2.28. The number of nitrogens with two attached hydrogens (primary N) is 1. The Morgan fingerprint density at radius 1 is 0.944 bits per heavy atom. The number of benzene rings is 2. The molecule has 2 aromatic rings. The SMILES string of the molecule is Nc1cc(F)c(Nc2c(Br)cccc2Br)c(F)c1. The van der Waals surface area contributed by atoms with Crippen molar-refractivity contribution in [1.29, 1.82) is 0 Å². The highest BCUT2D eigenvalue weighted by molar-refractivity contribution is 9.11. The van der Waals surface area contributed by atoms with Crippen molar-refractivity contribution in [3.63, 3.8) is 0 Å². The van der Waals surface area contributed by atoms with E-state index >= 15 is 0 Å². The molecule has 2 aromatic carbocycles. The summed E-state index contributed by atoms with van der Waals surface area (Å²) in [6, 6.07) is 7.46. The van der Waals surface area contributed by atoms with Gasteiger partial charge in [0, 0.05) is 14.6 Å². The highest BCUT2D eigenvalue weighted by Crippen LogP contribution is 2.35. The van der Waals surface area contributed by atoms with Crippen molar-refractivity contribution in [1.82, 2.24) is 0 Å². The summed E-state index contributed by atoms with van der Waals surface area (Å²) in [7, 11) is 0. The lowest BCUT2D eigenvalue weighted by atomic mass is 10.2. The second kappa shape index (κ2) is 5.24. The van der Waals surface area contributed by atoms with Gasteiger partial charge in [0.25, 0.3) is 0 Å². The third-order valence-corrected chi connectivity index (χ3v) is 3.60. The first kappa shape index (κ1) is 13.3. The molecule has 0 amide bonds. The van der Waals surface area contributed by atoms with Crippen LogP contribution in [0.15, 0.2) is 39.3 Å². The summed E-state index contributed by atoms with van der Waals surface area (Å²) in [4.78, 5) is 0. The highest BCUT2D eigenvalue weighted by atomic mass is 79.9. The molecule has 0 unspecified atom stereocenters.